The number of nitrogens with zero attached hydrogens (tertiary/aromatic N) is 2. The first-order chi connectivity index (χ1) is 17.2. The van der Waals surface area contributed by atoms with Crippen LogP contribution < -0.4 is 19.7 Å². The molecule has 35 heavy (non-hydrogen) atoms. The zero-order valence-corrected chi connectivity index (χ0v) is 18.9. The minimum absolute atomic E-state index is 0.0879. The summed E-state index contributed by atoms with van der Waals surface area (Å²) in [6.45, 7) is 0.719. The van der Waals surface area contributed by atoms with Crippen LogP contribution >= 0.6 is 0 Å². The molecule has 0 fully saturated rings. The van der Waals surface area contributed by atoms with Crippen molar-refractivity contribution in [3.05, 3.63) is 114 Å². The summed E-state index contributed by atoms with van der Waals surface area (Å²) >= 11 is 0. The number of ether oxygens (including phenoxy) is 2. The van der Waals surface area contributed by atoms with Gasteiger partial charge < -0.3 is 14.8 Å². The number of carbonyl (C=O) groups is 2. The molecule has 0 aliphatic carbocycles. The highest BCUT2D eigenvalue weighted by molar-refractivity contribution is 6.06. The number of anilines is 2. The average molecular weight is 466 g/mol. The Bertz CT molecular complexity index is 1330. The quantitative estimate of drug-likeness (QED) is 0.423. The van der Waals surface area contributed by atoms with Crippen molar-refractivity contribution >= 4 is 23.2 Å². The largest absolute Gasteiger partial charge is 0.489 e. The molecule has 0 spiro atoms. The van der Waals surface area contributed by atoms with E-state index in [4.69, 9.17) is 9.47 Å². The van der Waals surface area contributed by atoms with Crippen molar-refractivity contribution in [1.82, 2.24) is 4.98 Å². The van der Waals surface area contributed by atoms with E-state index in [1.54, 1.807) is 41.4 Å². The Kier molecular flexibility index (Phi) is 6.39. The van der Waals surface area contributed by atoms with Crippen molar-refractivity contribution in [2.45, 2.75) is 13.2 Å². The SMILES string of the molecule is O=C(Nc1ccc(OCc2ccccc2)cc1)c1ccc2c(c1)OCC(=O)N2Cc1ccccn1. The summed E-state index contributed by atoms with van der Waals surface area (Å²) in [4.78, 5) is 31.2. The lowest BCUT2D eigenvalue weighted by Gasteiger charge is -2.29. The lowest BCUT2D eigenvalue weighted by Crippen LogP contribution is -2.38. The minimum Gasteiger partial charge on any atom is -0.489 e. The molecule has 1 aliphatic heterocycles. The van der Waals surface area contributed by atoms with E-state index in [0.717, 1.165) is 11.3 Å². The molecule has 0 unspecified atom stereocenters. The second kappa shape index (κ2) is 10.1. The number of nitrogens with one attached hydrogen (secondary N) is 1. The molecule has 4 aromatic rings. The van der Waals surface area contributed by atoms with Gasteiger partial charge in [0.25, 0.3) is 11.8 Å². The summed E-state index contributed by atoms with van der Waals surface area (Å²) in [6, 6.07) is 27.8. The molecule has 2 heterocycles. The van der Waals surface area contributed by atoms with Gasteiger partial charge in [-0.2, -0.15) is 0 Å². The van der Waals surface area contributed by atoms with Gasteiger partial charge in [0.1, 0.15) is 18.1 Å². The van der Waals surface area contributed by atoms with Gasteiger partial charge in [-0.15, -0.1) is 0 Å². The molecule has 2 amide bonds. The number of carbonyl (C=O) groups excluding carboxylic acids is 2. The van der Waals surface area contributed by atoms with Crippen LogP contribution in [0.5, 0.6) is 11.5 Å². The van der Waals surface area contributed by atoms with Gasteiger partial charge in [0, 0.05) is 17.4 Å². The van der Waals surface area contributed by atoms with Gasteiger partial charge in [-0.1, -0.05) is 36.4 Å². The molecule has 0 bridgehead atoms. The maximum Gasteiger partial charge on any atom is 0.265 e. The van der Waals surface area contributed by atoms with E-state index in [1.807, 2.05) is 60.7 Å². The summed E-state index contributed by atoms with van der Waals surface area (Å²) in [5, 5.41) is 2.89. The number of hydrogen-bond donors (Lipinski definition) is 1. The van der Waals surface area contributed by atoms with E-state index in [-0.39, 0.29) is 18.4 Å². The Balaban J connectivity index is 1.24. The van der Waals surface area contributed by atoms with Crippen molar-refractivity contribution in [3.63, 3.8) is 0 Å². The number of aromatic nitrogens is 1. The molecule has 7 nitrogen and oxygen atoms in total. The van der Waals surface area contributed by atoms with Crippen molar-refractivity contribution in [2.75, 3.05) is 16.8 Å². The van der Waals surface area contributed by atoms with Gasteiger partial charge in [0.2, 0.25) is 0 Å². The van der Waals surface area contributed by atoms with Gasteiger partial charge in [0.05, 0.1) is 17.9 Å². The fraction of sp³-hybridized carbons (Fsp3) is 0.107. The number of hydrogen-bond acceptors (Lipinski definition) is 5. The first kappa shape index (κ1) is 22.2. The van der Waals surface area contributed by atoms with Crippen LogP contribution in [0.15, 0.2) is 97.2 Å². The highest BCUT2D eigenvalue weighted by atomic mass is 16.5. The minimum atomic E-state index is -0.275. The van der Waals surface area contributed by atoms with Gasteiger partial charge in [-0.25, -0.2) is 0 Å². The fourth-order valence-electron chi connectivity index (χ4n) is 3.75. The second-order valence-electron chi connectivity index (χ2n) is 8.02. The highest BCUT2D eigenvalue weighted by Gasteiger charge is 2.27. The molecule has 1 N–H and O–H groups in total. The lowest BCUT2D eigenvalue weighted by atomic mass is 10.1. The van der Waals surface area contributed by atoms with Crippen LogP contribution in [0.1, 0.15) is 21.6 Å². The Morgan fingerprint density at radius 2 is 1.77 bits per heavy atom. The Morgan fingerprint density at radius 3 is 2.54 bits per heavy atom. The Labute approximate surface area is 203 Å². The number of amides is 2. The van der Waals surface area contributed by atoms with Crippen LogP contribution in [0, 0.1) is 0 Å². The third-order valence-corrected chi connectivity index (χ3v) is 5.57. The van der Waals surface area contributed by atoms with Gasteiger partial charge in [-0.05, 0) is 60.2 Å². The Hall–Kier alpha value is -4.65. The molecule has 0 saturated heterocycles. The van der Waals surface area contributed by atoms with Crippen LogP contribution in [-0.4, -0.2) is 23.4 Å². The third-order valence-electron chi connectivity index (χ3n) is 5.57. The van der Waals surface area contributed by atoms with E-state index in [9.17, 15) is 9.59 Å². The average Bonchev–Trinajstić information content (AvgIpc) is 2.91. The van der Waals surface area contributed by atoms with E-state index in [2.05, 4.69) is 10.3 Å². The van der Waals surface area contributed by atoms with E-state index < -0.39 is 0 Å². The summed E-state index contributed by atoms with van der Waals surface area (Å²) in [6.07, 6.45) is 1.69. The molecule has 5 rings (SSSR count). The number of benzene rings is 3. The van der Waals surface area contributed by atoms with Gasteiger partial charge in [-0.3, -0.25) is 19.5 Å². The normalized spacial score (nSPS) is 12.5. The van der Waals surface area contributed by atoms with Crippen molar-refractivity contribution < 1.29 is 19.1 Å². The summed E-state index contributed by atoms with van der Waals surface area (Å²) < 4.78 is 11.4. The maximum absolute atomic E-state index is 12.8. The molecule has 0 atom stereocenters. The van der Waals surface area contributed by atoms with Crippen LogP contribution in [0.25, 0.3) is 0 Å². The second-order valence-corrected chi connectivity index (χ2v) is 8.02. The van der Waals surface area contributed by atoms with Gasteiger partial charge >= 0.3 is 0 Å². The van der Waals surface area contributed by atoms with Crippen LogP contribution in [-0.2, 0) is 17.9 Å². The summed E-state index contributed by atoms with van der Waals surface area (Å²) in [7, 11) is 0. The van der Waals surface area contributed by atoms with E-state index in [0.29, 0.717) is 41.6 Å². The molecular weight excluding hydrogens is 442 g/mol. The maximum atomic E-state index is 12.8. The monoisotopic (exact) mass is 465 g/mol. The van der Waals surface area contributed by atoms with Crippen LogP contribution in [0.3, 0.4) is 0 Å². The molecule has 1 aromatic heterocycles. The molecule has 1 aliphatic rings. The first-order valence-electron chi connectivity index (χ1n) is 11.2. The summed E-state index contributed by atoms with van der Waals surface area (Å²) in [5.74, 6) is 0.766. The van der Waals surface area contributed by atoms with Crippen molar-refractivity contribution in [1.29, 1.82) is 0 Å². The summed E-state index contributed by atoms with van der Waals surface area (Å²) in [5.41, 5.74) is 3.54. The highest BCUT2D eigenvalue weighted by Crippen LogP contribution is 2.34. The number of rotatable bonds is 7. The smallest absolute Gasteiger partial charge is 0.265 e. The molecule has 174 valence electrons. The predicted molar refractivity (Wildman–Crippen MR) is 133 cm³/mol. The van der Waals surface area contributed by atoms with Crippen LogP contribution in [0.4, 0.5) is 11.4 Å². The standard InChI is InChI=1S/C28H23N3O4/c32-27-19-35-26-16-21(9-14-25(26)31(27)17-23-8-4-5-15-29-23)28(33)30-22-10-12-24(13-11-22)34-18-20-6-2-1-3-7-20/h1-16H,17-19H2,(H,30,33). The van der Waals surface area contributed by atoms with Crippen molar-refractivity contribution in [3.8, 4) is 11.5 Å². The van der Waals surface area contributed by atoms with E-state index >= 15 is 0 Å². The molecule has 7 heteroatoms. The molecule has 0 saturated carbocycles. The lowest BCUT2D eigenvalue weighted by molar-refractivity contribution is -0.121. The fourth-order valence-corrected chi connectivity index (χ4v) is 3.75. The molecule has 3 aromatic carbocycles. The molecule has 0 radical (unpaired) electrons. The number of pyridine rings is 1. The topological polar surface area (TPSA) is 80.8 Å². The zero-order valence-electron chi connectivity index (χ0n) is 18.9. The molecular formula is C28H23N3O4. The van der Waals surface area contributed by atoms with Gasteiger partial charge in [0.15, 0.2) is 6.61 Å². The Morgan fingerprint density at radius 1 is 0.971 bits per heavy atom. The number of fused-ring (bicyclic) bond motifs is 1. The zero-order chi connectivity index (χ0) is 24.0. The predicted octanol–water partition coefficient (Wildman–Crippen LogP) is 4.84. The van der Waals surface area contributed by atoms with Crippen LogP contribution in [0.2, 0.25) is 0 Å². The van der Waals surface area contributed by atoms with E-state index in [1.165, 1.54) is 0 Å². The third kappa shape index (κ3) is 5.30. The first-order valence-corrected chi connectivity index (χ1v) is 11.2. The van der Waals surface area contributed by atoms with Crippen molar-refractivity contribution in [2.24, 2.45) is 0 Å².